The van der Waals surface area contributed by atoms with Crippen molar-refractivity contribution in [3.63, 3.8) is 0 Å². The van der Waals surface area contributed by atoms with E-state index in [-0.39, 0.29) is 25.2 Å². The Morgan fingerprint density at radius 2 is 1.92 bits per heavy atom. The predicted octanol–water partition coefficient (Wildman–Crippen LogP) is 1.45. The molecule has 4 rings (SSSR count). The largest absolute Gasteiger partial charge is 0.480 e. The first-order valence-corrected chi connectivity index (χ1v) is 12.0. The molecule has 1 fully saturated rings. The highest BCUT2D eigenvalue weighted by atomic mass is 16.4. The summed E-state index contributed by atoms with van der Waals surface area (Å²) in [5, 5.41) is 12.9. The monoisotopic (exact) mass is 497 g/mol. The van der Waals surface area contributed by atoms with Gasteiger partial charge in [0, 0.05) is 23.9 Å². The molecular formula is C25H31N5O6. The molecule has 192 valence electrons. The van der Waals surface area contributed by atoms with Crippen molar-refractivity contribution in [3.05, 3.63) is 35.5 Å². The number of H-pyrrole nitrogens is 1. The fourth-order valence-corrected chi connectivity index (χ4v) is 5.28. The number of nitrogens with one attached hydrogen (secondary N) is 2. The molecule has 0 aliphatic carbocycles. The number of carbonyl (C=O) groups excluding carboxylic acids is 4. The van der Waals surface area contributed by atoms with Crippen molar-refractivity contribution in [2.75, 3.05) is 6.54 Å². The van der Waals surface area contributed by atoms with Gasteiger partial charge in [0.25, 0.3) is 5.91 Å². The Morgan fingerprint density at radius 3 is 2.56 bits per heavy atom. The summed E-state index contributed by atoms with van der Waals surface area (Å²) in [6.45, 7) is 5.67. The van der Waals surface area contributed by atoms with Crippen molar-refractivity contribution < 1.29 is 29.1 Å². The van der Waals surface area contributed by atoms with E-state index in [4.69, 9.17) is 5.73 Å². The average Bonchev–Trinajstić information content (AvgIpc) is 3.28. The summed E-state index contributed by atoms with van der Waals surface area (Å²) in [6.07, 6.45) is 0.267. The number of aliphatic carboxylic acids is 1. The number of urea groups is 1. The number of hydrogen-bond acceptors (Lipinski definition) is 5. The van der Waals surface area contributed by atoms with Crippen LogP contribution in [0.5, 0.6) is 0 Å². The van der Waals surface area contributed by atoms with Crippen LogP contribution in [0.1, 0.15) is 51.3 Å². The lowest BCUT2D eigenvalue weighted by Gasteiger charge is -2.36. The van der Waals surface area contributed by atoms with Crippen LogP contribution in [0.3, 0.4) is 0 Å². The molecule has 2 aliphatic heterocycles. The fourth-order valence-electron chi connectivity index (χ4n) is 5.28. The molecule has 3 unspecified atom stereocenters. The molecular weight excluding hydrogens is 466 g/mol. The predicted molar refractivity (Wildman–Crippen MR) is 130 cm³/mol. The van der Waals surface area contributed by atoms with Gasteiger partial charge in [0.1, 0.15) is 12.1 Å². The lowest BCUT2D eigenvalue weighted by atomic mass is 9.86. The number of fused-ring (bicyclic) bond motifs is 5. The van der Waals surface area contributed by atoms with E-state index in [1.807, 2.05) is 38.1 Å². The molecule has 0 radical (unpaired) electrons. The van der Waals surface area contributed by atoms with Crippen molar-refractivity contribution in [1.29, 1.82) is 0 Å². The van der Waals surface area contributed by atoms with Crippen molar-refractivity contribution in [1.82, 2.24) is 20.1 Å². The van der Waals surface area contributed by atoms with E-state index < -0.39 is 47.3 Å². The maximum atomic E-state index is 14.0. The van der Waals surface area contributed by atoms with Gasteiger partial charge in [0.15, 0.2) is 5.54 Å². The molecule has 0 spiro atoms. The van der Waals surface area contributed by atoms with E-state index >= 15 is 0 Å². The van der Waals surface area contributed by atoms with Crippen LogP contribution < -0.4 is 11.1 Å². The molecule has 3 atom stereocenters. The number of amides is 5. The maximum absolute atomic E-state index is 14.0. The number of carboxylic acids is 1. The minimum Gasteiger partial charge on any atom is -0.480 e. The highest BCUT2D eigenvalue weighted by molar-refractivity contribution is 6.11. The summed E-state index contributed by atoms with van der Waals surface area (Å²) in [6, 6.07) is 4.50. The van der Waals surface area contributed by atoms with E-state index in [2.05, 4.69) is 10.3 Å². The lowest BCUT2D eigenvalue weighted by molar-refractivity contribution is -0.144. The van der Waals surface area contributed by atoms with Gasteiger partial charge in [-0.2, -0.15) is 0 Å². The van der Waals surface area contributed by atoms with Gasteiger partial charge in [-0.25, -0.2) is 14.5 Å². The summed E-state index contributed by atoms with van der Waals surface area (Å²) < 4.78 is 0. The van der Waals surface area contributed by atoms with Crippen LogP contribution in [0, 0.1) is 5.92 Å². The zero-order valence-electron chi connectivity index (χ0n) is 20.5. The quantitative estimate of drug-likeness (QED) is 0.383. The van der Waals surface area contributed by atoms with Crippen molar-refractivity contribution in [3.8, 4) is 0 Å². The zero-order chi connectivity index (χ0) is 26.4. The molecule has 1 saturated heterocycles. The molecule has 3 heterocycles. The molecule has 5 amide bonds. The number of benzene rings is 1. The Kier molecular flexibility index (Phi) is 6.50. The molecule has 2 aliphatic rings. The SMILES string of the molecule is CC(C)CC(C(=O)NC(CCC(N)=O)C(=O)O)N1C(=O)N2CCc3c([nH]c4ccccc34)C2(C)C1=O. The number of nitrogens with two attached hydrogens (primary N) is 1. The molecule has 5 N–H and O–H groups in total. The van der Waals surface area contributed by atoms with Crippen LogP contribution in [0.4, 0.5) is 4.79 Å². The number of aromatic nitrogens is 1. The Labute approximate surface area is 208 Å². The molecule has 1 aromatic heterocycles. The highest BCUT2D eigenvalue weighted by Crippen LogP contribution is 2.45. The van der Waals surface area contributed by atoms with Crippen LogP contribution in [-0.2, 0) is 31.1 Å². The highest BCUT2D eigenvalue weighted by Gasteiger charge is 2.60. The molecule has 0 bridgehead atoms. The minimum atomic E-state index is -1.38. The van der Waals surface area contributed by atoms with Gasteiger partial charge in [0.2, 0.25) is 11.8 Å². The number of aromatic amines is 1. The van der Waals surface area contributed by atoms with Crippen LogP contribution in [0.25, 0.3) is 10.9 Å². The van der Waals surface area contributed by atoms with Crippen LogP contribution in [0.15, 0.2) is 24.3 Å². The van der Waals surface area contributed by atoms with Crippen molar-refractivity contribution >= 4 is 40.6 Å². The smallest absolute Gasteiger partial charge is 0.328 e. The first-order chi connectivity index (χ1) is 17.0. The Hall–Kier alpha value is -3.89. The zero-order valence-corrected chi connectivity index (χ0v) is 20.5. The van der Waals surface area contributed by atoms with Crippen LogP contribution >= 0.6 is 0 Å². The maximum Gasteiger partial charge on any atom is 0.328 e. The number of rotatable bonds is 9. The van der Waals surface area contributed by atoms with Gasteiger partial charge in [-0.05, 0) is 43.7 Å². The van der Waals surface area contributed by atoms with Crippen LogP contribution in [-0.4, -0.2) is 68.2 Å². The van der Waals surface area contributed by atoms with Gasteiger partial charge in [-0.15, -0.1) is 0 Å². The molecule has 11 heteroatoms. The first-order valence-electron chi connectivity index (χ1n) is 12.0. The van der Waals surface area contributed by atoms with Crippen molar-refractivity contribution in [2.45, 2.75) is 64.1 Å². The van der Waals surface area contributed by atoms with Gasteiger partial charge in [-0.3, -0.25) is 14.4 Å². The molecule has 11 nitrogen and oxygen atoms in total. The molecule has 1 aromatic carbocycles. The van der Waals surface area contributed by atoms with Gasteiger partial charge in [-0.1, -0.05) is 32.0 Å². The summed E-state index contributed by atoms with van der Waals surface area (Å²) in [7, 11) is 0. The third-order valence-corrected chi connectivity index (χ3v) is 7.10. The topological polar surface area (TPSA) is 166 Å². The van der Waals surface area contributed by atoms with E-state index in [1.54, 1.807) is 6.92 Å². The standard InChI is InChI=1S/C25H31N5O6/c1-13(2)12-18(21(32)28-17(22(33)34)8-9-19(26)31)30-23(35)25(3)20-15(10-11-29(25)24(30)36)14-6-4-5-7-16(14)27-20/h4-7,13,17-18,27H,8-12H2,1-3H3,(H2,26,31)(H,28,32)(H,33,34). The minimum absolute atomic E-state index is 0.0793. The third kappa shape index (κ3) is 4.08. The number of nitrogens with zero attached hydrogens (tertiary/aromatic N) is 2. The number of para-hydroxylation sites is 1. The Bertz CT molecular complexity index is 1250. The van der Waals surface area contributed by atoms with E-state index in [1.165, 1.54) is 4.90 Å². The van der Waals surface area contributed by atoms with Gasteiger partial charge < -0.3 is 26.0 Å². The van der Waals surface area contributed by atoms with Crippen LogP contribution in [0.2, 0.25) is 0 Å². The average molecular weight is 498 g/mol. The second kappa shape index (κ2) is 9.29. The summed E-state index contributed by atoms with van der Waals surface area (Å²) in [5.74, 6) is -3.41. The molecule has 36 heavy (non-hydrogen) atoms. The number of primary amides is 1. The summed E-state index contributed by atoms with van der Waals surface area (Å²) in [4.78, 5) is 69.5. The first kappa shape index (κ1) is 25.2. The number of carbonyl (C=O) groups is 5. The van der Waals surface area contributed by atoms with E-state index in [9.17, 15) is 29.1 Å². The fraction of sp³-hybridized carbons (Fsp3) is 0.480. The molecule has 2 aromatic rings. The van der Waals surface area contributed by atoms with Gasteiger partial charge in [0.05, 0.1) is 5.69 Å². The summed E-state index contributed by atoms with van der Waals surface area (Å²) >= 11 is 0. The second-order valence-corrected chi connectivity index (χ2v) is 10.0. The summed E-state index contributed by atoms with van der Waals surface area (Å²) in [5.41, 5.74) is 6.27. The third-order valence-electron chi connectivity index (χ3n) is 7.10. The van der Waals surface area contributed by atoms with Crippen molar-refractivity contribution in [2.24, 2.45) is 11.7 Å². The Balaban J connectivity index is 1.69. The van der Waals surface area contributed by atoms with E-state index in [0.717, 1.165) is 21.4 Å². The van der Waals surface area contributed by atoms with E-state index in [0.29, 0.717) is 18.7 Å². The Morgan fingerprint density at radius 1 is 1.22 bits per heavy atom. The number of imide groups is 1. The number of hydrogen-bond donors (Lipinski definition) is 4. The normalized spacial score (nSPS) is 20.9. The molecule has 0 saturated carbocycles. The number of carboxylic acid groups (broad SMARTS) is 1. The van der Waals surface area contributed by atoms with Gasteiger partial charge >= 0.3 is 12.0 Å². The lowest BCUT2D eigenvalue weighted by Crippen LogP contribution is -2.54. The second-order valence-electron chi connectivity index (χ2n) is 10.0.